The molecule has 0 aliphatic carbocycles. The first-order valence-corrected chi connectivity index (χ1v) is 7.48. The van der Waals surface area contributed by atoms with Gasteiger partial charge in [0, 0.05) is 6.04 Å². The molecule has 3 atom stereocenters. The molecule has 4 heteroatoms. The van der Waals surface area contributed by atoms with E-state index >= 15 is 0 Å². The summed E-state index contributed by atoms with van der Waals surface area (Å²) in [5, 5.41) is 23.1. The smallest absolute Gasteiger partial charge is 0.119 e. The zero-order valence-electron chi connectivity index (χ0n) is 12.7. The second-order valence-corrected chi connectivity index (χ2v) is 5.34. The van der Waals surface area contributed by atoms with Crippen molar-refractivity contribution in [3.05, 3.63) is 66.2 Å². The van der Waals surface area contributed by atoms with Gasteiger partial charge in [0.1, 0.15) is 12.4 Å². The van der Waals surface area contributed by atoms with Crippen molar-refractivity contribution >= 4 is 0 Å². The Labute approximate surface area is 131 Å². The second kappa shape index (κ2) is 8.54. The Bertz CT molecular complexity index is 533. The van der Waals surface area contributed by atoms with E-state index in [0.29, 0.717) is 6.61 Å². The summed E-state index contributed by atoms with van der Waals surface area (Å²) in [7, 11) is 0. The molecule has 2 rings (SSSR count). The first-order chi connectivity index (χ1) is 10.7. The minimum absolute atomic E-state index is 0.00396. The van der Waals surface area contributed by atoms with Gasteiger partial charge in [0.25, 0.3) is 0 Å². The van der Waals surface area contributed by atoms with Gasteiger partial charge in [-0.1, -0.05) is 48.5 Å². The average Bonchev–Trinajstić information content (AvgIpc) is 2.59. The molecule has 118 valence electrons. The fourth-order valence-corrected chi connectivity index (χ4v) is 2.28. The summed E-state index contributed by atoms with van der Waals surface area (Å²) in [5.41, 5.74) is 0.783. The Balaban J connectivity index is 1.86. The van der Waals surface area contributed by atoms with Crippen LogP contribution >= 0.6 is 0 Å². The maximum Gasteiger partial charge on any atom is 0.119 e. The first-order valence-electron chi connectivity index (χ1n) is 7.48. The third-order valence-corrected chi connectivity index (χ3v) is 3.46. The van der Waals surface area contributed by atoms with E-state index in [1.54, 1.807) is 0 Å². The van der Waals surface area contributed by atoms with Crippen molar-refractivity contribution in [3.8, 4) is 5.75 Å². The topological polar surface area (TPSA) is 61.7 Å². The number of benzene rings is 2. The maximum atomic E-state index is 10.4. The van der Waals surface area contributed by atoms with Gasteiger partial charge in [0.2, 0.25) is 0 Å². The lowest BCUT2D eigenvalue weighted by atomic mass is 10.0. The number of hydrogen-bond acceptors (Lipinski definition) is 4. The number of rotatable bonds is 8. The summed E-state index contributed by atoms with van der Waals surface area (Å²) in [5.74, 6) is 0.806. The van der Waals surface area contributed by atoms with Gasteiger partial charge in [-0.25, -0.2) is 0 Å². The van der Waals surface area contributed by atoms with Crippen molar-refractivity contribution in [1.82, 2.24) is 5.32 Å². The monoisotopic (exact) mass is 301 g/mol. The van der Waals surface area contributed by atoms with Crippen molar-refractivity contribution in [2.75, 3.05) is 13.2 Å². The van der Waals surface area contributed by atoms with Crippen LogP contribution in [0.4, 0.5) is 0 Å². The Hall–Kier alpha value is -1.88. The van der Waals surface area contributed by atoms with Gasteiger partial charge in [0.15, 0.2) is 0 Å². The molecule has 3 N–H and O–H groups in total. The molecule has 0 saturated carbocycles. The molecule has 0 fully saturated rings. The van der Waals surface area contributed by atoms with E-state index in [1.165, 1.54) is 0 Å². The quantitative estimate of drug-likeness (QED) is 0.699. The summed E-state index contributed by atoms with van der Waals surface area (Å²) < 4.78 is 5.67. The SMILES string of the molecule is C[C@@H](COc1ccccc1)N[C@H](CO)[C@H](O)c1ccccc1. The van der Waals surface area contributed by atoms with Gasteiger partial charge in [0.05, 0.1) is 18.8 Å². The standard InChI is InChI=1S/C18H23NO3/c1-14(13-22-16-10-6-3-7-11-16)19-17(12-20)18(21)15-8-4-2-5-9-15/h2-11,14,17-21H,12-13H2,1H3/t14-,17+,18+/m0/s1. The number of aliphatic hydroxyl groups excluding tert-OH is 2. The molecule has 4 nitrogen and oxygen atoms in total. The molecule has 0 saturated heterocycles. The minimum atomic E-state index is -0.759. The fourth-order valence-electron chi connectivity index (χ4n) is 2.28. The van der Waals surface area contributed by atoms with Gasteiger partial charge in [-0.2, -0.15) is 0 Å². The van der Waals surface area contributed by atoms with Gasteiger partial charge < -0.3 is 20.3 Å². The second-order valence-electron chi connectivity index (χ2n) is 5.34. The number of nitrogens with one attached hydrogen (secondary N) is 1. The molecule has 0 bridgehead atoms. The Morgan fingerprint density at radius 3 is 2.18 bits per heavy atom. The molecule has 0 radical (unpaired) electrons. The fraction of sp³-hybridized carbons (Fsp3) is 0.333. The Kier molecular flexibility index (Phi) is 6.40. The van der Waals surface area contributed by atoms with Crippen molar-refractivity contribution in [1.29, 1.82) is 0 Å². The van der Waals surface area contributed by atoms with E-state index in [4.69, 9.17) is 4.74 Å². The van der Waals surface area contributed by atoms with Gasteiger partial charge in [-0.15, -0.1) is 0 Å². The summed E-state index contributed by atoms with van der Waals surface area (Å²) in [6.07, 6.45) is -0.759. The van der Waals surface area contributed by atoms with Crippen LogP contribution < -0.4 is 10.1 Å². The first kappa shape index (κ1) is 16.5. The highest BCUT2D eigenvalue weighted by Gasteiger charge is 2.21. The van der Waals surface area contributed by atoms with E-state index in [1.807, 2.05) is 67.6 Å². The third kappa shape index (κ3) is 4.84. The van der Waals surface area contributed by atoms with E-state index in [-0.39, 0.29) is 12.6 Å². The largest absolute Gasteiger partial charge is 0.492 e. The molecule has 0 aliphatic rings. The summed E-state index contributed by atoms with van der Waals surface area (Å²) in [4.78, 5) is 0. The van der Waals surface area contributed by atoms with Crippen LogP contribution in [0.15, 0.2) is 60.7 Å². The molecule has 0 amide bonds. The molecule has 0 heterocycles. The maximum absolute atomic E-state index is 10.4. The summed E-state index contributed by atoms with van der Waals surface area (Å²) in [6, 6.07) is 18.5. The van der Waals surface area contributed by atoms with E-state index in [9.17, 15) is 10.2 Å². The lowest BCUT2D eigenvalue weighted by Crippen LogP contribution is -2.45. The molecule has 0 spiro atoms. The van der Waals surface area contributed by atoms with E-state index < -0.39 is 12.1 Å². The highest BCUT2D eigenvalue weighted by Crippen LogP contribution is 2.17. The van der Waals surface area contributed by atoms with Gasteiger partial charge in [-0.3, -0.25) is 0 Å². The number of aliphatic hydroxyl groups is 2. The highest BCUT2D eigenvalue weighted by molar-refractivity contribution is 5.21. The predicted octanol–water partition coefficient (Wildman–Crippen LogP) is 2.14. The van der Waals surface area contributed by atoms with Crippen LogP contribution in [-0.4, -0.2) is 35.5 Å². The zero-order chi connectivity index (χ0) is 15.8. The van der Waals surface area contributed by atoms with Gasteiger partial charge in [-0.05, 0) is 24.6 Å². The molecule has 0 aromatic heterocycles. The molecule has 2 aromatic rings. The summed E-state index contributed by atoms with van der Waals surface area (Å²) >= 11 is 0. The number of para-hydroxylation sites is 1. The Morgan fingerprint density at radius 2 is 1.59 bits per heavy atom. The number of ether oxygens (including phenoxy) is 1. The molecular formula is C18H23NO3. The van der Waals surface area contributed by atoms with Gasteiger partial charge >= 0.3 is 0 Å². The zero-order valence-corrected chi connectivity index (χ0v) is 12.7. The lowest BCUT2D eigenvalue weighted by molar-refractivity contribution is 0.0797. The molecule has 22 heavy (non-hydrogen) atoms. The van der Waals surface area contributed by atoms with Crippen LogP contribution in [-0.2, 0) is 0 Å². The van der Waals surface area contributed by atoms with Crippen LogP contribution in [0, 0.1) is 0 Å². The minimum Gasteiger partial charge on any atom is -0.492 e. The molecule has 0 aliphatic heterocycles. The Morgan fingerprint density at radius 1 is 1.00 bits per heavy atom. The highest BCUT2D eigenvalue weighted by atomic mass is 16.5. The summed E-state index contributed by atoms with van der Waals surface area (Å²) in [6.45, 7) is 2.27. The van der Waals surface area contributed by atoms with Crippen molar-refractivity contribution < 1.29 is 14.9 Å². The van der Waals surface area contributed by atoms with Crippen molar-refractivity contribution in [2.45, 2.75) is 25.1 Å². The van der Waals surface area contributed by atoms with Crippen LogP contribution in [0.3, 0.4) is 0 Å². The van der Waals surface area contributed by atoms with E-state index in [2.05, 4.69) is 5.32 Å². The van der Waals surface area contributed by atoms with Crippen LogP contribution in [0.25, 0.3) is 0 Å². The molecule has 0 unspecified atom stereocenters. The average molecular weight is 301 g/mol. The predicted molar refractivity (Wildman–Crippen MR) is 86.8 cm³/mol. The number of hydrogen-bond donors (Lipinski definition) is 3. The van der Waals surface area contributed by atoms with E-state index in [0.717, 1.165) is 11.3 Å². The van der Waals surface area contributed by atoms with Crippen LogP contribution in [0.1, 0.15) is 18.6 Å². The molecular weight excluding hydrogens is 278 g/mol. The van der Waals surface area contributed by atoms with Crippen LogP contribution in [0.5, 0.6) is 5.75 Å². The lowest BCUT2D eigenvalue weighted by Gasteiger charge is -2.26. The van der Waals surface area contributed by atoms with Crippen molar-refractivity contribution in [2.24, 2.45) is 0 Å². The third-order valence-electron chi connectivity index (χ3n) is 3.46. The van der Waals surface area contributed by atoms with Crippen molar-refractivity contribution in [3.63, 3.8) is 0 Å². The molecule has 2 aromatic carbocycles. The van der Waals surface area contributed by atoms with Crippen LogP contribution in [0.2, 0.25) is 0 Å². The normalized spacial score (nSPS) is 15.0.